The number of nitriles is 1. The van der Waals surface area contributed by atoms with Gasteiger partial charge in [0.25, 0.3) is 0 Å². The minimum atomic E-state index is -0.532. The molecule has 0 aromatic heterocycles. The van der Waals surface area contributed by atoms with E-state index in [2.05, 4.69) is 6.58 Å². The lowest BCUT2D eigenvalue weighted by atomic mass is 10.1. The molecule has 0 bridgehead atoms. The Labute approximate surface area is 97.7 Å². The third-order valence-corrected chi connectivity index (χ3v) is 2.13. The highest BCUT2D eigenvalue weighted by molar-refractivity contribution is 5.81. The Bertz CT molecular complexity index is 268. The predicted molar refractivity (Wildman–Crippen MR) is 64.4 cm³/mol. The maximum absolute atomic E-state index is 11.9. The topological polar surface area (TPSA) is 70.1 Å². The van der Waals surface area contributed by atoms with Gasteiger partial charge in [0.05, 0.1) is 18.5 Å². The second-order valence-corrected chi connectivity index (χ2v) is 4.22. The zero-order valence-electron chi connectivity index (χ0n) is 10.1. The number of nitrogens with zero attached hydrogens (tertiary/aromatic N) is 2. The highest BCUT2D eigenvalue weighted by atomic mass is 16.2. The van der Waals surface area contributed by atoms with Gasteiger partial charge in [-0.05, 0) is 12.3 Å². The Morgan fingerprint density at radius 3 is 2.69 bits per heavy atom. The van der Waals surface area contributed by atoms with Crippen LogP contribution in [-0.2, 0) is 4.79 Å². The molecule has 0 aromatic carbocycles. The Morgan fingerprint density at radius 2 is 2.25 bits per heavy atom. The molecule has 0 spiro atoms. The maximum Gasteiger partial charge on any atom is 0.239 e. The Morgan fingerprint density at radius 1 is 1.62 bits per heavy atom. The average Bonchev–Trinajstić information content (AvgIpc) is 2.23. The van der Waals surface area contributed by atoms with Gasteiger partial charge < -0.3 is 10.6 Å². The molecule has 2 N–H and O–H groups in total. The van der Waals surface area contributed by atoms with Gasteiger partial charge in [0.2, 0.25) is 5.91 Å². The van der Waals surface area contributed by atoms with Crippen LogP contribution in [0.1, 0.15) is 26.7 Å². The molecule has 0 aliphatic rings. The van der Waals surface area contributed by atoms with Gasteiger partial charge in [-0.15, -0.1) is 6.58 Å². The standard InChI is InChI=1S/C12H21N3O/c1-4-6-11(14)12(16)15(8-5-7-13)9-10(2)3/h4,10-11H,1,5-6,8-9,14H2,2-3H3. The number of carbonyl (C=O) groups excluding carboxylic acids is 1. The first kappa shape index (κ1) is 14.7. The van der Waals surface area contributed by atoms with E-state index in [0.29, 0.717) is 31.8 Å². The second kappa shape index (κ2) is 7.89. The van der Waals surface area contributed by atoms with Crippen LogP contribution in [-0.4, -0.2) is 29.9 Å². The van der Waals surface area contributed by atoms with Gasteiger partial charge in [0, 0.05) is 13.1 Å². The number of hydrogen-bond acceptors (Lipinski definition) is 3. The van der Waals surface area contributed by atoms with Gasteiger partial charge >= 0.3 is 0 Å². The van der Waals surface area contributed by atoms with Gasteiger partial charge in [-0.25, -0.2) is 0 Å². The third kappa shape index (κ3) is 5.52. The van der Waals surface area contributed by atoms with Crippen LogP contribution in [0.3, 0.4) is 0 Å². The van der Waals surface area contributed by atoms with Crippen molar-refractivity contribution in [1.29, 1.82) is 5.26 Å². The summed E-state index contributed by atoms with van der Waals surface area (Å²) in [5.74, 6) is 0.280. The van der Waals surface area contributed by atoms with Crippen molar-refractivity contribution in [3.05, 3.63) is 12.7 Å². The Balaban J connectivity index is 4.42. The zero-order valence-corrected chi connectivity index (χ0v) is 10.1. The molecule has 1 unspecified atom stereocenters. The van der Waals surface area contributed by atoms with Crippen LogP contribution in [0, 0.1) is 17.2 Å². The smallest absolute Gasteiger partial charge is 0.239 e. The highest BCUT2D eigenvalue weighted by Gasteiger charge is 2.20. The molecule has 4 heteroatoms. The van der Waals surface area contributed by atoms with Crippen LogP contribution in [0.15, 0.2) is 12.7 Å². The molecule has 0 aromatic rings. The molecule has 0 saturated carbocycles. The van der Waals surface area contributed by atoms with Crippen molar-refractivity contribution in [1.82, 2.24) is 4.90 Å². The summed E-state index contributed by atoms with van der Waals surface area (Å²) in [6.45, 7) is 8.73. The van der Waals surface area contributed by atoms with Crippen molar-refractivity contribution in [3.63, 3.8) is 0 Å². The van der Waals surface area contributed by atoms with Gasteiger partial charge in [0.1, 0.15) is 0 Å². The summed E-state index contributed by atoms with van der Waals surface area (Å²) in [5.41, 5.74) is 5.73. The zero-order chi connectivity index (χ0) is 12.6. The number of rotatable bonds is 7. The summed E-state index contributed by atoms with van der Waals surface area (Å²) >= 11 is 0. The molecular formula is C12H21N3O. The highest BCUT2D eigenvalue weighted by Crippen LogP contribution is 2.04. The van der Waals surface area contributed by atoms with Crippen LogP contribution in [0.2, 0.25) is 0 Å². The molecule has 0 rings (SSSR count). The lowest BCUT2D eigenvalue weighted by Crippen LogP contribution is -2.45. The summed E-state index contributed by atoms with van der Waals surface area (Å²) in [6.07, 6.45) is 2.46. The van der Waals surface area contributed by atoms with Gasteiger partial charge in [-0.3, -0.25) is 4.79 Å². The predicted octanol–water partition coefficient (Wildman–Crippen LogP) is 1.29. The monoisotopic (exact) mass is 223 g/mol. The first-order chi connectivity index (χ1) is 7.52. The minimum Gasteiger partial charge on any atom is -0.340 e. The van der Waals surface area contributed by atoms with Crippen molar-refractivity contribution in [2.24, 2.45) is 11.7 Å². The average molecular weight is 223 g/mol. The van der Waals surface area contributed by atoms with Crippen molar-refractivity contribution >= 4 is 5.91 Å². The lowest BCUT2D eigenvalue weighted by Gasteiger charge is -2.26. The van der Waals surface area contributed by atoms with E-state index in [1.165, 1.54) is 0 Å². The van der Waals surface area contributed by atoms with Crippen LogP contribution < -0.4 is 5.73 Å². The van der Waals surface area contributed by atoms with E-state index in [1.54, 1.807) is 11.0 Å². The molecule has 0 radical (unpaired) electrons. The van der Waals surface area contributed by atoms with Crippen LogP contribution >= 0.6 is 0 Å². The molecule has 16 heavy (non-hydrogen) atoms. The lowest BCUT2D eigenvalue weighted by molar-refractivity contribution is -0.133. The molecule has 4 nitrogen and oxygen atoms in total. The van der Waals surface area contributed by atoms with E-state index < -0.39 is 6.04 Å². The molecule has 0 saturated heterocycles. The number of hydrogen-bond donors (Lipinski definition) is 1. The van der Waals surface area contributed by atoms with Crippen molar-refractivity contribution in [2.45, 2.75) is 32.7 Å². The Kier molecular flexibility index (Phi) is 7.23. The van der Waals surface area contributed by atoms with Crippen LogP contribution in [0.5, 0.6) is 0 Å². The first-order valence-corrected chi connectivity index (χ1v) is 5.55. The quantitative estimate of drug-likeness (QED) is 0.661. The summed E-state index contributed by atoms with van der Waals surface area (Å²) in [7, 11) is 0. The SMILES string of the molecule is C=CCC(N)C(=O)N(CCC#N)CC(C)C. The molecular weight excluding hydrogens is 202 g/mol. The van der Waals surface area contributed by atoms with Crippen molar-refractivity contribution in [2.75, 3.05) is 13.1 Å². The number of nitrogens with two attached hydrogens (primary N) is 1. The van der Waals surface area contributed by atoms with E-state index in [1.807, 2.05) is 19.9 Å². The van der Waals surface area contributed by atoms with E-state index in [9.17, 15) is 4.79 Å². The molecule has 0 heterocycles. The molecule has 90 valence electrons. The number of amides is 1. The third-order valence-electron chi connectivity index (χ3n) is 2.13. The molecule has 0 aliphatic carbocycles. The van der Waals surface area contributed by atoms with Gasteiger partial charge in [0.15, 0.2) is 0 Å². The Hall–Kier alpha value is -1.34. The van der Waals surface area contributed by atoms with E-state index in [-0.39, 0.29) is 5.91 Å². The molecule has 0 aliphatic heterocycles. The van der Waals surface area contributed by atoms with E-state index in [0.717, 1.165) is 0 Å². The fraction of sp³-hybridized carbons (Fsp3) is 0.667. The fourth-order valence-corrected chi connectivity index (χ4v) is 1.43. The molecule has 0 fully saturated rings. The second-order valence-electron chi connectivity index (χ2n) is 4.22. The van der Waals surface area contributed by atoms with Crippen molar-refractivity contribution in [3.8, 4) is 6.07 Å². The summed E-state index contributed by atoms with van der Waals surface area (Å²) in [5, 5.41) is 8.54. The number of carbonyl (C=O) groups is 1. The first-order valence-electron chi connectivity index (χ1n) is 5.55. The fourth-order valence-electron chi connectivity index (χ4n) is 1.43. The normalized spacial score (nSPS) is 11.9. The summed E-state index contributed by atoms with van der Waals surface area (Å²) in [6, 6.07) is 1.51. The van der Waals surface area contributed by atoms with Gasteiger partial charge in [-0.2, -0.15) is 5.26 Å². The minimum absolute atomic E-state index is 0.0937. The van der Waals surface area contributed by atoms with E-state index >= 15 is 0 Å². The van der Waals surface area contributed by atoms with Crippen molar-refractivity contribution < 1.29 is 4.79 Å². The summed E-state index contributed by atoms with van der Waals surface area (Å²) < 4.78 is 0. The largest absolute Gasteiger partial charge is 0.340 e. The maximum atomic E-state index is 11.9. The summed E-state index contributed by atoms with van der Waals surface area (Å²) in [4.78, 5) is 13.6. The molecule has 1 amide bonds. The molecule has 1 atom stereocenters. The van der Waals surface area contributed by atoms with Crippen LogP contribution in [0.25, 0.3) is 0 Å². The van der Waals surface area contributed by atoms with Gasteiger partial charge in [-0.1, -0.05) is 19.9 Å². The van der Waals surface area contributed by atoms with Crippen LogP contribution in [0.4, 0.5) is 0 Å². The van der Waals surface area contributed by atoms with E-state index in [4.69, 9.17) is 11.0 Å².